The third kappa shape index (κ3) is 2.75. The SMILES string of the molecule is CCOC(=O)CCn1c(N)nc2ccc(OC)nc21. The number of carbonyl (C=O) groups is 1. The maximum Gasteiger partial charge on any atom is 0.307 e. The second-order valence-electron chi connectivity index (χ2n) is 3.87. The zero-order valence-electron chi connectivity index (χ0n) is 10.9. The lowest BCUT2D eigenvalue weighted by atomic mass is 10.4. The second-order valence-corrected chi connectivity index (χ2v) is 3.87. The van der Waals surface area contributed by atoms with Crippen LogP contribution in [-0.2, 0) is 16.1 Å². The smallest absolute Gasteiger partial charge is 0.307 e. The highest BCUT2D eigenvalue weighted by molar-refractivity contribution is 5.75. The second kappa shape index (κ2) is 5.55. The maximum atomic E-state index is 11.4. The molecule has 102 valence electrons. The maximum absolute atomic E-state index is 11.4. The van der Waals surface area contributed by atoms with Crippen molar-refractivity contribution in [1.82, 2.24) is 14.5 Å². The first-order valence-electron chi connectivity index (χ1n) is 5.98. The van der Waals surface area contributed by atoms with Crippen LogP contribution in [0.4, 0.5) is 5.95 Å². The number of hydrogen-bond donors (Lipinski definition) is 1. The molecule has 0 saturated carbocycles. The van der Waals surface area contributed by atoms with Gasteiger partial charge in [-0.25, -0.2) is 4.98 Å². The van der Waals surface area contributed by atoms with Crippen LogP contribution in [0.25, 0.3) is 11.2 Å². The van der Waals surface area contributed by atoms with E-state index in [4.69, 9.17) is 15.2 Å². The first-order valence-corrected chi connectivity index (χ1v) is 5.98. The molecule has 0 spiro atoms. The minimum absolute atomic E-state index is 0.225. The van der Waals surface area contributed by atoms with Crippen molar-refractivity contribution in [2.45, 2.75) is 19.9 Å². The fourth-order valence-electron chi connectivity index (χ4n) is 1.77. The number of hydrogen-bond acceptors (Lipinski definition) is 6. The number of aryl methyl sites for hydroxylation is 1. The minimum atomic E-state index is -0.272. The third-order valence-corrected chi connectivity index (χ3v) is 2.65. The molecular formula is C12H16N4O3. The molecular weight excluding hydrogens is 248 g/mol. The van der Waals surface area contributed by atoms with E-state index < -0.39 is 0 Å². The molecule has 2 N–H and O–H groups in total. The molecule has 0 unspecified atom stereocenters. The Hall–Kier alpha value is -2.31. The monoisotopic (exact) mass is 264 g/mol. The van der Waals surface area contributed by atoms with Crippen LogP contribution >= 0.6 is 0 Å². The predicted molar refractivity (Wildman–Crippen MR) is 69.7 cm³/mol. The predicted octanol–water partition coefficient (Wildman–Crippen LogP) is 0.975. The molecule has 0 radical (unpaired) electrons. The Labute approximate surface area is 110 Å². The summed E-state index contributed by atoms with van der Waals surface area (Å²) < 4.78 is 11.6. The Bertz CT molecular complexity index is 594. The molecule has 0 saturated heterocycles. The first-order chi connectivity index (χ1) is 9.15. The van der Waals surface area contributed by atoms with Gasteiger partial charge in [-0.1, -0.05) is 0 Å². The molecule has 0 aromatic carbocycles. The van der Waals surface area contributed by atoms with Crippen molar-refractivity contribution in [2.24, 2.45) is 0 Å². The fraction of sp³-hybridized carbons (Fsp3) is 0.417. The van der Waals surface area contributed by atoms with Crippen molar-refractivity contribution in [3.63, 3.8) is 0 Å². The number of methoxy groups -OCH3 is 1. The van der Waals surface area contributed by atoms with Gasteiger partial charge in [-0.2, -0.15) is 4.98 Å². The number of nitrogen functional groups attached to an aromatic ring is 1. The lowest BCUT2D eigenvalue weighted by Crippen LogP contribution is -2.11. The van der Waals surface area contributed by atoms with Crippen molar-refractivity contribution >= 4 is 23.1 Å². The summed E-state index contributed by atoms with van der Waals surface area (Å²) in [4.78, 5) is 19.8. The van der Waals surface area contributed by atoms with Gasteiger partial charge in [-0.15, -0.1) is 0 Å². The highest BCUT2D eigenvalue weighted by atomic mass is 16.5. The topological polar surface area (TPSA) is 92.3 Å². The van der Waals surface area contributed by atoms with Crippen LogP contribution in [0.3, 0.4) is 0 Å². The average Bonchev–Trinajstić information content (AvgIpc) is 2.71. The van der Waals surface area contributed by atoms with Crippen LogP contribution in [0.5, 0.6) is 5.88 Å². The van der Waals surface area contributed by atoms with Crippen LogP contribution in [0.2, 0.25) is 0 Å². The molecule has 0 fully saturated rings. The van der Waals surface area contributed by atoms with Gasteiger partial charge in [0.1, 0.15) is 5.52 Å². The van der Waals surface area contributed by atoms with Crippen molar-refractivity contribution in [1.29, 1.82) is 0 Å². The molecule has 0 bridgehead atoms. The zero-order chi connectivity index (χ0) is 13.8. The normalized spacial score (nSPS) is 10.6. The van der Waals surface area contributed by atoms with E-state index in [-0.39, 0.29) is 12.4 Å². The van der Waals surface area contributed by atoms with Crippen LogP contribution in [0, 0.1) is 0 Å². The van der Waals surface area contributed by atoms with Gasteiger partial charge in [-0.3, -0.25) is 9.36 Å². The number of ether oxygens (including phenoxy) is 2. The minimum Gasteiger partial charge on any atom is -0.481 e. The van der Waals surface area contributed by atoms with Crippen molar-refractivity contribution < 1.29 is 14.3 Å². The van der Waals surface area contributed by atoms with E-state index >= 15 is 0 Å². The van der Waals surface area contributed by atoms with E-state index in [1.54, 1.807) is 23.6 Å². The summed E-state index contributed by atoms with van der Waals surface area (Å²) >= 11 is 0. The Morgan fingerprint density at radius 1 is 1.42 bits per heavy atom. The number of fused-ring (bicyclic) bond motifs is 1. The molecule has 0 aliphatic rings. The highest BCUT2D eigenvalue weighted by Gasteiger charge is 2.12. The number of nitrogens with two attached hydrogens (primary N) is 1. The Kier molecular flexibility index (Phi) is 3.84. The summed E-state index contributed by atoms with van der Waals surface area (Å²) in [6.07, 6.45) is 0.225. The molecule has 0 atom stereocenters. The summed E-state index contributed by atoms with van der Waals surface area (Å²) in [7, 11) is 1.54. The number of anilines is 1. The van der Waals surface area contributed by atoms with E-state index in [9.17, 15) is 4.79 Å². The van der Waals surface area contributed by atoms with Gasteiger partial charge in [-0.05, 0) is 13.0 Å². The molecule has 0 amide bonds. The lowest BCUT2D eigenvalue weighted by Gasteiger charge is -2.06. The van der Waals surface area contributed by atoms with E-state index in [2.05, 4.69) is 9.97 Å². The molecule has 0 aliphatic heterocycles. The van der Waals surface area contributed by atoms with Gasteiger partial charge in [0, 0.05) is 12.6 Å². The van der Waals surface area contributed by atoms with Gasteiger partial charge >= 0.3 is 5.97 Å². The van der Waals surface area contributed by atoms with Gasteiger partial charge in [0.25, 0.3) is 0 Å². The number of nitrogens with zero attached hydrogens (tertiary/aromatic N) is 3. The van der Waals surface area contributed by atoms with E-state index in [1.165, 1.54) is 7.11 Å². The quantitative estimate of drug-likeness (QED) is 0.809. The first kappa shape index (κ1) is 13.1. The number of imidazole rings is 1. The molecule has 7 nitrogen and oxygen atoms in total. The zero-order valence-corrected chi connectivity index (χ0v) is 10.9. The summed E-state index contributed by atoms with van der Waals surface area (Å²) in [6, 6.07) is 3.49. The van der Waals surface area contributed by atoms with Crippen LogP contribution in [0.1, 0.15) is 13.3 Å². The Balaban J connectivity index is 2.26. The summed E-state index contributed by atoms with van der Waals surface area (Å²) in [5.74, 6) is 0.525. The van der Waals surface area contributed by atoms with Gasteiger partial charge in [0.05, 0.1) is 20.1 Å². The summed E-state index contributed by atoms with van der Waals surface area (Å²) in [5.41, 5.74) is 7.09. The number of esters is 1. The van der Waals surface area contributed by atoms with Crippen LogP contribution < -0.4 is 10.5 Å². The van der Waals surface area contributed by atoms with Gasteiger partial charge in [0.2, 0.25) is 11.8 Å². The Morgan fingerprint density at radius 2 is 2.21 bits per heavy atom. The van der Waals surface area contributed by atoms with Crippen molar-refractivity contribution in [3.8, 4) is 5.88 Å². The summed E-state index contributed by atoms with van der Waals surface area (Å²) in [6.45, 7) is 2.51. The van der Waals surface area contributed by atoms with Crippen LogP contribution in [0.15, 0.2) is 12.1 Å². The van der Waals surface area contributed by atoms with E-state index in [0.29, 0.717) is 36.1 Å². The van der Waals surface area contributed by atoms with Gasteiger partial charge in [0.15, 0.2) is 5.65 Å². The molecule has 2 aromatic heterocycles. The van der Waals surface area contributed by atoms with Crippen LogP contribution in [-0.4, -0.2) is 34.2 Å². The fourth-order valence-corrected chi connectivity index (χ4v) is 1.77. The molecule has 2 rings (SSSR count). The number of rotatable bonds is 5. The highest BCUT2D eigenvalue weighted by Crippen LogP contribution is 2.19. The molecule has 19 heavy (non-hydrogen) atoms. The average molecular weight is 264 g/mol. The lowest BCUT2D eigenvalue weighted by molar-refractivity contribution is -0.143. The number of aromatic nitrogens is 3. The largest absolute Gasteiger partial charge is 0.481 e. The number of carbonyl (C=O) groups excluding carboxylic acids is 1. The molecule has 7 heteroatoms. The van der Waals surface area contributed by atoms with Crippen molar-refractivity contribution in [2.75, 3.05) is 19.5 Å². The summed E-state index contributed by atoms with van der Waals surface area (Å²) in [5, 5.41) is 0. The van der Waals surface area contributed by atoms with Gasteiger partial charge < -0.3 is 15.2 Å². The standard InChI is InChI=1S/C12H16N4O3/c1-3-19-10(17)6-7-16-11-8(14-12(16)13)4-5-9(15-11)18-2/h4-5H,3,6-7H2,1-2H3,(H2,13,14). The van der Waals surface area contributed by atoms with E-state index in [0.717, 1.165) is 0 Å². The third-order valence-electron chi connectivity index (χ3n) is 2.65. The number of pyridine rings is 1. The molecule has 2 aromatic rings. The molecule has 2 heterocycles. The Morgan fingerprint density at radius 3 is 2.89 bits per heavy atom. The van der Waals surface area contributed by atoms with E-state index in [1.807, 2.05) is 0 Å². The van der Waals surface area contributed by atoms with Crippen molar-refractivity contribution in [3.05, 3.63) is 12.1 Å². The molecule has 0 aliphatic carbocycles.